The van der Waals surface area contributed by atoms with Crippen molar-refractivity contribution in [3.8, 4) is 34.0 Å². The topological polar surface area (TPSA) is 35.0 Å². The highest BCUT2D eigenvalue weighted by atomic mass is 16.5. The van der Waals surface area contributed by atoms with Gasteiger partial charge in [-0.3, -0.25) is 9.97 Å². The average Bonchev–Trinajstić information content (AvgIpc) is 3.43. The second-order valence-electron chi connectivity index (χ2n) is 22.8. The fourth-order valence-corrected chi connectivity index (χ4v) is 11.8. The molecule has 0 bridgehead atoms. The summed E-state index contributed by atoms with van der Waals surface area (Å²) in [6.07, 6.45) is 8.13. The first-order valence-electron chi connectivity index (χ1n) is 23.9. The van der Waals surface area contributed by atoms with Gasteiger partial charge >= 0.3 is 0 Å². The smallest absolute Gasteiger partial charge is 0.132 e. The summed E-state index contributed by atoms with van der Waals surface area (Å²) in [7, 11) is 0. The molecule has 3 heteroatoms. The summed E-state index contributed by atoms with van der Waals surface area (Å²) >= 11 is 0. The van der Waals surface area contributed by atoms with E-state index >= 15 is 0 Å². The molecule has 0 N–H and O–H groups in total. The summed E-state index contributed by atoms with van der Waals surface area (Å²) in [6, 6.07) is 36.6. The molecule has 2 aromatic heterocycles. The first-order chi connectivity index (χ1) is 30.4. The van der Waals surface area contributed by atoms with Crippen LogP contribution in [-0.2, 0) is 33.5 Å². The Labute approximate surface area is 390 Å². The molecule has 2 aliphatic carbocycles. The Hall–Kier alpha value is -5.54. The van der Waals surface area contributed by atoms with E-state index in [-0.39, 0.29) is 32.5 Å². The number of hydrogen-bond donors (Lipinski definition) is 0. The lowest BCUT2D eigenvalue weighted by atomic mass is 9.59. The standard InChI is InChI=1S/C62H70N2O/c1-17-18-19-20-23-41-30-31-43(33-40(41)4)51-25-22-27-55(64-51)62(54-26-21-24-50(63-54)42-29-28-38(2)39(3)32-42)48-34-44-46(58(9,10)60(13,14)56(44,5)6)36-52(48)65-53-37-47-45(35-49(53)62)57(7,8)61(15,16)59(47,11)12/h17,19-22,24-37H,1,18,23H2,2-16H3/b20-19+. The van der Waals surface area contributed by atoms with Gasteiger partial charge in [0.05, 0.1) is 22.8 Å². The van der Waals surface area contributed by atoms with Crippen LogP contribution >= 0.6 is 0 Å². The fourth-order valence-electron chi connectivity index (χ4n) is 11.8. The first kappa shape index (κ1) is 44.7. The Bertz CT molecular complexity index is 2870. The van der Waals surface area contributed by atoms with Crippen LogP contribution in [0, 0.1) is 31.6 Å². The van der Waals surface area contributed by atoms with Crippen LogP contribution in [0.4, 0.5) is 0 Å². The Morgan fingerprint density at radius 2 is 0.923 bits per heavy atom. The molecule has 0 unspecified atom stereocenters. The summed E-state index contributed by atoms with van der Waals surface area (Å²) in [5.41, 5.74) is 17.0. The lowest BCUT2D eigenvalue weighted by Gasteiger charge is -2.44. The quantitative estimate of drug-likeness (QED) is 0.143. The van der Waals surface area contributed by atoms with E-state index in [0.29, 0.717) is 0 Å². The van der Waals surface area contributed by atoms with Crippen LogP contribution in [0.25, 0.3) is 22.5 Å². The second kappa shape index (κ2) is 14.7. The van der Waals surface area contributed by atoms with Crippen LogP contribution in [0.1, 0.15) is 157 Å². The van der Waals surface area contributed by atoms with Crippen molar-refractivity contribution in [1.29, 1.82) is 0 Å². The maximum Gasteiger partial charge on any atom is 0.132 e. The fraction of sp³-hybridized carbons (Fsp3) is 0.387. The van der Waals surface area contributed by atoms with E-state index in [1.807, 2.05) is 6.08 Å². The first-order valence-corrected chi connectivity index (χ1v) is 23.9. The van der Waals surface area contributed by atoms with Gasteiger partial charge in [-0.25, -0.2) is 0 Å². The maximum absolute atomic E-state index is 7.45. The van der Waals surface area contributed by atoms with Gasteiger partial charge in [0.25, 0.3) is 0 Å². The molecule has 0 amide bonds. The molecule has 0 fully saturated rings. The van der Waals surface area contributed by atoms with Crippen LogP contribution in [-0.4, -0.2) is 9.97 Å². The molecule has 3 aliphatic rings. The Morgan fingerprint density at radius 1 is 0.477 bits per heavy atom. The Balaban J connectivity index is 1.40. The summed E-state index contributed by atoms with van der Waals surface area (Å²) in [4.78, 5) is 11.7. The minimum absolute atomic E-state index is 0.0479. The number of ether oxygens (including phenoxy) is 1. The van der Waals surface area contributed by atoms with Crippen molar-refractivity contribution in [2.75, 3.05) is 0 Å². The number of benzene rings is 4. The molecule has 9 rings (SSSR count). The lowest BCUT2D eigenvalue weighted by molar-refractivity contribution is 0.125. The molecule has 65 heavy (non-hydrogen) atoms. The van der Waals surface area contributed by atoms with Gasteiger partial charge in [-0.1, -0.05) is 138 Å². The van der Waals surface area contributed by atoms with Gasteiger partial charge < -0.3 is 4.74 Å². The molecule has 0 radical (unpaired) electrons. The molecular weight excluding hydrogens is 789 g/mol. The molecule has 334 valence electrons. The highest BCUT2D eigenvalue weighted by Gasteiger charge is 2.61. The third-order valence-corrected chi connectivity index (χ3v) is 18.7. The van der Waals surface area contributed by atoms with Gasteiger partial charge in [0.1, 0.15) is 16.9 Å². The van der Waals surface area contributed by atoms with Crippen molar-refractivity contribution in [2.24, 2.45) is 10.8 Å². The zero-order valence-electron chi connectivity index (χ0n) is 41.9. The van der Waals surface area contributed by atoms with Crippen LogP contribution < -0.4 is 4.74 Å². The highest BCUT2D eigenvalue weighted by molar-refractivity contribution is 5.74. The molecule has 4 aromatic carbocycles. The largest absolute Gasteiger partial charge is 0.457 e. The predicted octanol–water partition coefficient (Wildman–Crippen LogP) is 16.1. The van der Waals surface area contributed by atoms with Gasteiger partial charge in [0, 0.05) is 22.3 Å². The van der Waals surface area contributed by atoms with E-state index in [4.69, 9.17) is 14.7 Å². The second-order valence-corrected chi connectivity index (χ2v) is 22.8. The monoisotopic (exact) mass is 859 g/mol. The van der Waals surface area contributed by atoms with Crippen molar-refractivity contribution in [3.05, 3.63) is 189 Å². The van der Waals surface area contributed by atoms with Crippen LogP contribution in [0.2, 0.25) is 0 Å². The SMILES string of the molecule is C=CC/C=C/Cc1ccc(-c2cccc(C3(c4cccc(-c5ccc(C)c(C)c5)n4)c4cc5c(cc4Oc4cc6c(cc43)C(C)(C)C(C)(C)C6(C)C)C(C)(C)C(C)(C)C5(C)C)n2)cc1C. The van der Waals surface area contributed by atoms with Crippen molar-refractivity contribution in [3.63, 3.8) is 0 Å². The van der Waals surface area contributed by atoms with Gasteiger partial charge in [-0.05, 0) is 171 Å². The minimum atomic E-state index is -0.955. The van der Waals surface area contributed by atoms with Crippen molar-refractivity contribution in [1.82, 2.24) is 9.97 Å². The van der Waals surface area contributed by atoms with Crippen molar-refractivity contribution >= 4 is 0 Å². The summed E-state index contributed by atoms with van der Waals surface area (Å²) < 4.78 is 7.45. The number of aryl methyl sites for hydroxylation is 3. The molecule has 0 saturated heterocycles. The zero-order valence-corrected chi connectivity index (χ0v) is 41.9. The van der Waals surface area contributed by atoms with Gasteiger partial charge in [0.15, 0.2) is 0 Å². The number of allylic oxidation sites excluding steroid dienone is 3. The molecule has 6 aromatic rings. The van der Waals surface area contributed by atoms with E-state index in [0.717, 1.165) is 69.4 Å². The molecule has 0 spiro atoms. The Morgan fingerprint density at radius 3 is 1.37 bits per heavy atom. The summed E-state index contributed by atoms with van der Waals surface area (Å²) in [6.45, 7) is 39.6. The number of aromatic nitrogens is 2. The van der Waals surface area contributed by atoms with Crippen LogP contribution in [0.3, 0.4) is 0 Å². The molecule has 1 aliphatic heterocycles. The molecule has 0 saturated carbocycles. The number of rotatable bonds is 8. The van der Waals surface area contributed by atoms with Gasteiger partial charge in [0.2, 0.25) is 0 Å². The normalized spacial score (nSPS) is 19.5. The van der Waals surface area contributed by atoms with E-state index in [1.54, 1.807) is 0 Å². The summed E-state index contributed by atoms with van der Waals surface area (Å²) in [5.74, 6) is 1.75. The van der Waals surface area contributed by atoms with Crippen molar-refractivity contribution in [2.45, 2.75) is 144 Å². The average molecular weight is 859 g/mol. The molecule has 3 nitrogen and oxygen atoms in total. The summed E-state index contributed by atoms with van der Waals surface area (Å²) in [5, 5.41) is 0. The Kier molecular flexibility index (Phi) is 10.1. The van der Waals surface area contributed by atoms with E-state index in [1.165, 1.54) is 44.5 Å². The van der Waals surface area contributed by atoms with Gasteiger partial charge in [-0.2, -0.15) is 0 Å². The van der Waals surface area contributed by atoms with Crippen LogP contribution in [0.15, 0.2) is 122 Å². The number of hydrogen-bond acceptors (Lipinski definition) is 3. The van der Waals surface area contributed by atoms with Crippen LogP contribution in [0.5, 0.6) is 11.5 Å². The van der Waals surface area contributed by atoms with E-state index in [2.05, 4.69) is 220 Å². The maximum atomic E-state index is 7.45. The third kappa shape index (κ3) is 6.12. The predicted molar refractivity (Wildman–Crippen MR) is 273 cm³/mol. The highest BCUT2D eigenvalue weighted by Crippen LogP contribution is 2.67. The number of nitrogens with zero attached hydrogens (tertiary/aromatic N) is 2. The molecule has 0 atom stereocenters. The number of pyridine rings is 2. The number of fused-ring (bicyclic) bond motifs is 4. The lowest BCUT2D eigenvalue weighted by Crippen LogP contribution is -2.42. The van der Waals surface area contributed by atoms with Crippen molar-refractivity contribution < 1.29 is 4.74 Å². The van der Waals surface area contributed by atoms with Gasteiger partial charge in [-0.15, -0.1) is 6.58 Å². The molecule has 3 heterocycles. The van der Waals surface area contributed by atoms with E-state index in [9.17, 15) is 0 Å². The van der Waals surface area contributed by atoms with E-state index < -0.39 is 5.41 Å². The molecular formula is C62H70N2O. The zero-order chi connectivity index (χ0) is 46.9. The minimum Gasteiger partial charge on any atom is -0.457 e. The third-order valence-electron chi connectivity index (χ3n) is 18.7.